The third-order valence-corrected chi connectivity index (χ3v) is 7.39. The van der Waals surface area contributed by atoms with Crippen LogP contribution in [0.3, 0.4) is 0 Å². The van der Waals surface area contributed by atoms with Crippen LogP contribution in [0.1, 0.15) is 46.4 Å². The minimum atomic E-state index is -1.19. The molecule has 1 N–H and O–H groups in total. The molecule has 2 aromatic rings. The third kappa shape index (κ3) is 5.12. The molecule has 8 nitrogen and oxygen atoms in total. The topological polar surface area (TPSA) is 88.2 Å². The van der Waals surface area contributed by atoms with Crippen LogP contribution in [0.15, 0.2) is 42.5 Å². The van der Waals surface area contributed by atoms with Crippen molar-refractivity contribution >= 4 is 17.7 Å². The summed E-state index contributed by atoms with van der Waals surface area (Å²) in [5.74, 6) is -3.72. The molecule has 2 aromatic carbocycles. The first kappa shape index (κ1) is 26.2. The van der Waals surface area contributed by atoms with Crippen LogP contribution in [0.25, 0.3) is 0 Å². The smallest absolute Gasteiger partial charge is 0.256 e. The molecule has 38 heavy (non-hydrogen) atoms. The maximum absolute atomic E-state index is 14.2. The number of piperidine rings is 1. The van der Waals surface area contributed by atoms with Gasteiger partial charge in [-0.05, 0) is 49.2 Å². The molecule has 5 rings (SSSR count). The molecule has 0 radical (unpaired) electrons. The second kappa shape index (κ2) is 10.7. The van der Waals surface area contributed by atoms with E-state index in [2.05, 4.69) is 5.32 Å². The number of benzene rings is 2. The van der Waals surface area contributed by atoms with Crippen molar-refractivity contribution in [2.75, 3.05) is 32.8 Å². The first-order chi connectivity index (χ1) is 18.3. The number of carbonyl (C=O) groups excluding carboxylic acids is 3. The summed E-state index contributed by atoms with van der Waals surface area (Å²) in [6, 6.07) is 6.87. The number of halogens is 3. The van der Waals surface area contributed by atoms with Crippen LogP contribution in [-0.4, -0.2) is 78.2 Å². The zero-order chi connectivity index (χ0) is 26.9. The van der Waals surface area contributed by atoms with Crippen molar-refractivity contribution in [3.63, 3.8) is 0 Å². The molecule has 0 saturated carbocycles. The van der Waals surface area contributed by atoms with Gasteiger partial charge in [-0.2, -0.15) is 0 Å². The highest BCUT2D eigenvalue weighted by Crippen LogP contribution is 2.39. The minimum Gasteiger partial charge on any atom is -0.376 e. The van der Waals surface area contributed by atoms with Crippen molar-refractivity contribution in [3.05, 3.63) is 71.0 Å². The van der Waals surface area contributed by atoms with Gasteiger partial charge in [-0.3, -0.25) is 19.3 Å². The van der Waals surface area contributed by atoms with Gasteiger partial charge < -0.3 is 19.7 Å². The molecule has 1 spiro atoms. The van der Waals surface area contributed by atoms with Crippen LogP contribution >= 0.6 is 0 Å². The summed E-state index contributed by atoms with van der Waals surface area (Å²) < 4.78 is 52.7. The number of rotatable bonds is 5. The van der Waals surface area contributed by atoms with E-state index in [4.69, 9.17) is 9.47 Å². The van der Waals surface area contributed by atoms with Crippen molar-refractivity contribution in [1.82, 2.24) is 15.1 Å². The van der Waals surface area contributed by atoms with Crippen LogP contribution in [-0.2, 0) is 14.3 Å². The van der Waals surface area contributed by atoms with Gasteiger partial charge in [0.1, 0.15) is 29.2 Å². The van der Waals surface area contributed by atoms with E-state index in [9.17, 15) is 27.6 Å². The fourth-order valence-corrected chi connectivity index (χ4v) is 5.33. The first-order valence-electron chi connectivity index (χ1n) is 12.6. The molecule has 0 bridgehead atoms. The number of amides is 3. The van der Waals surface area contributed by atoms with E-state index in [1.165, 1.54) is 34.1 Å². The van der Waals surface area contributed by atoms with Crippen LogP contribution in [0, 0.1) is 17.5 Å². The van der Waals surface area contributed by atoms with Gasteiger partial charge in [0, 0.05) is 50.7 Å². The Morgan fingerprint density at radius 2 is 1.68 bits per heavy atom. The second-order valence-corrected chi connectivity index (χ2v) is 9.75. The Morgan fingerprint density at radius 3 is 2.34 bits per heavy atom. The van der Waals surface area contributed by atoms with Crippen LogP contribution < -0.4 is 5.32 Å². The number of nitrogens with zero attached hydrogens (tertiary/aromatic N) is 2. The highest BCUT2D eigenvalue weighted by molar-refractivity contribution is 5.98. The van der Waals surface area contributed by atoms with Gasteiger partial charge >= 0.3 is 0 Å². The number of hydrogen-bond donors (Lipinski definition) is 1. The quantitative estimate of drug-likeness (QED) is 0.641. The Kier molecular flexibility index (Phi) is 7.40. The molecule has 3 fully saturated rings. The summed E-state index contributed by atoms with van der Waals surface area (Å²) in [6.07, 6.45) is 2.01. The first-order valence-corrected chi connectivity index (χ1v) is 12.6. The SMILES string of the molecule is O=C(NCC1CCCO1)C1COC2(CCN(C(=O)c3ccc(F)cc3F)CC2)N1C(=O)c1ccc(F)cc1. The van der Waals surface area contributed by atoms with Gasteiger partial charge in [0.25, 0.3) is 11.8 Å². The van der Waals surface area contributed by atoms with Gasteiger partial charge in [0.05, 0.1) is 18.3 Å². The number of likely N-dealkylation sites (tertiary alicyclic amines) is 1. The third-order valence-electron chi connectivity index (χ3n) is 7.39. The molecule has 3 aliphatic heterocycles. The average molecular weight is 532 g/mol. The molecular formula is C27H28F3N3O5. The molecule has 3 saturated heterocycles. The minimum absolute atomic E-state index is 0.0508. The molecule has 202 valence electrons. The molecule has 11 heteroatoms. The van der Waals surface area contributed by atoms with E-state index < -0.39 is 41.0 Å². The van der Waals surface area contributed by atoms with Gasteiger partial charge in [0.2, 0.25) is 5.91 Å². The van der Waals surface area contributed by atoms with E-state index in [-0.39, 0.29) is 55.7 Å². The highest BCUT2D eigenvalue weighted by atomic mass is 19.1. The summed E-state index contributed by atoms with van der Waals surface area (Å²) in [4.78, 5) is 42.6. The van der Waals surface area contributed by atoms with E-state index >= 15 is 0 Å². The second-order valence-electron chi connectivity index (χ2n) is 9.75. The van der Waals surface area contributed by atoms with Gasteiger partial charge in [-0.25, -0.2) is 13.2 Å². The number of nitrogens with one attached hydrogen (secondary N) is 1. The zero-order valence-corrected chi connectivity index (χ0v) is 20.6. The molecule has 3 heterocycles. The molecule has 2 atom stereocenters. The van der Waals surface area contributed by atoms with Gasteiger partial charge in [-0.1, -0.05) is 0 Å². The summed E-state index contributed by atoms with van der Waals surface area (Å²) in [7, 11) is 0. The van der Waals surface area contributed by atoms with Crippen molar-refractivity contribution in [2.45, 2.75) is 43.6 Å². The molecule has 3 aliphatic rings. The largest absolute Gasteiger partial charge is 0.376 e. The highest BCUT2D eigenvalue weighted by Gasteiger charge is 2.54. The van der Waals surface area contributed by atoms with Crippen LogP contribution in [0.5, 0.6) is 0 Å². The summed E-state index contributed by atoms with van der Waals surface area (Å²) in [6.45, 7) is 1.14. The van der Waals surface area contributed by atoms with Crippen molar-refractivity contribution < 1.29 is 37.0 Å². The summed E-state index contributed by atoms with van der Waals surface area (Å²) in [5.41, 5.74) is -1.24. The average Bonchev–Trinajstić information content (AvgIpc) is 3.56. The van der Waals surface area contributed by atoms with Gasteiger partial charge in [-0.15, -0.1) is 0 Å². The monoisotopic (exact) mass is 531 g/mol. The Morgan fingerprint density at radius 1 is 0.974 bits per heavy atom. The lowest BCUT2D eigenvalue weighted by atomic mass is 9.96. The standard InChI is InChI=1S/C27H28F3N3O5/c28-18-5-3-17(4-6-18)25(35)33-23(24(34)31-15-20-2-1-13-37-20)16-38-27(33)9-11-32(12-10-27)26(36)21-8-7-19(29)14-22(21)30/h3-8,14,20,23H,1-2,9-13,15-16H2,(H,31,34). The normalized spacial score (nSPS) is 22.6. The lowest BCUT2D eigenvalue weighted by Crippen LogP contribution is -2.60. The Bertz CT molecular complexity index is 1210. The Labute approximate surface area is 217 Å². The predicted octanol–water partition coefficient (Wildman–Crippen LogP) is 2.87. The zero-order valence-electron chi connectivity index (χ0n) is 20.6. The predicted molar refractivity (Wildman–Crippen MR) is 129 cm³/mol. The number of carbonyl (C=O) groups is 3. The van der Waals surface area contributed by atoms with Crippen molar-refractivity contribution in [2.24, 2.45) is 0 Å². The maximum Gasteiger partial charge on any atom is 0.256 e. The Balaban J connectivity index is 1.35. The fourth-order valence-electron chi connectivity index (χ4n) is 5.33. The van der Waals surface area contributed by atoms with Crippen molar-refractivity contribution in [1.29, 1.82) is 0 Å². The van der Waals surface area contributed by atoms with E-state index in [0.717, 1.165) is 25.0 Å². The number of ether oxygens (including phenoxy) is 2. The van der Waals surface area contributed by atoms with E-state index in [1.807, 2.05) is 0 Å². The molecular weight excluding hydrogens is 503 g/mol. The lowest BCUT2D eigenvalue weighted by Gasteiger charge is -2.44. The summed E-state index contributed by atoms with van der Waals surface area (Å²) in [5, 5.41) is 2.86. The Hall–Kier alpha value is -3.44. The molecule has 2 unspecified atom stereocenters. The maximum atomic E-state index is 14.2. The van der Waals surface area contributed by atoms with E-state index in [1.54, 1.807) is 0 Å². The molecule has 3 amide bonds. The molecule has 0 aliphatic carbocycles. The van der Waals surface area contributed by atoms with Crippen LogP contribution in [0.2, 0.25) is 0 Å². The molecule has 0 aromatic heterocycles. The lowest BCUT2D eigenvalue weighted by molar-refractivity contribution is -0.128. The van der Waals surface area contributed by atoms with Crippen LogP contribution in [0.4, 0.5) is 13.2 Å². The van der Waals surface area contributed by atoms with Gasteiger partial charge in [0.15, 0.2) is 0 Å². The number of hydrogen-bond acceptors (Lipinski definition) is 5. The fraction of sp³-hybridized carbons (Fsp3) is 0.444. The van der Waals surface area contributed by atoms with Crippen molar-refractivity contribution in [3.8, 4) is 0 Å². The van der Waals surface area contributed by atoms with E-state index in [0.29, 0.717) is 19.2 Å². The summed E-state index contributed by atoms with van der Waals surface area (Å²) >= 11 is 0.